The van der Waals surface area contributed by atoms with Crippen LogP contribution in [-0.2, 0) is 16.0 Å². The van der Waals surface area contributed by atoms with Crippen molar-refractivity contribution in [3.8, 4) is 0 Å². The number of halogens is 2. The summed E-state index contributed by atoms with van der Waals surface area (Å²) in [7, 11) is 0. The largest absolute Gasteiger partial charge is 0.479 e. The Morgan fingerprint density at radius 2 is 1.95 bits per heavy atom. The molecule has 0 spiro atoms. The van der Waals surface area contributed by atoms with Crippen molar-refractivity contribution in [1.29, 1.82) is 0 Å². The standard InChI is InChI=1S/C15H17BrFNO4/c16-12-3-2-11(17)9-10(12)1-4-13(19)18-7-5-15(22,6-8-18)14(20)21/h2-3,9,22H,1,4-8H2,(H,20,21). The Balaban J connectivity index is 1.89. The third-order valence-corrected chi connectivity index (χ3v) is 4.73. The zero-order valence-corrected chi connectivity index (χ0v) is 13.5. The van der Waals surface area contributed by atoms with Crippen LogP contribution in [0.25, 0.3) is 0 Å². The molecular weight excluding hydrogens is 357 g/mol. The summed E-state index contributed by atoms with van der Waals surface area (Å²) in [5, 5.41) is 18.8. The third-order valence-electron chi connectivity index (χ3n) is 3.96. The van der Waals surface area contributed by atoms with Gasteiger partial charge in [0.2, 0.25) is 5.91 Å². The van der Waals surface area contributed by atoms with Crippen molar-refractivity contribution in [1.82, 2.24) is 4.90 Å². The molecule has 7 heteroatoms. The van der Waals surface area contributed by atoms with Gasteiger partial charge in [-0.3, -0.25) is 4.79 Å². The Labute approximate surface area is 135 Å². The summed E-state index contributed by atoms with van der Waals surface area (Å²) >= 11 is 3.32. The number of hydrogen-bond donors (Lipinski definition) is 2. The van der Waals surface area contributed by atoms with Crippen LogP contribution in [0, 0.1) is 5.82 Å². The molecule has 0 unspecified atom stereocenters. The van der Waals surface area contributed by atoms with E-state index in [1.54, 1.807) is 11.0 Å². The second-order valence-electron chi connectivity index (χ2n) is 5.45. The molecule has 1 amide bonds. The number of carboxylic acid groups (broad SMARTS) is 1. The number of nitrogens with zero attached hydrogens (tertiary/aromatic N) is 1. The number of carbonyl (C=O) groups is 2. The maximum absolute atomic E-state index is 13.2. The molecule has 1 aliphatic rings. The number of aliphatic carboxylic acids is 1. The van der Waals surface area contributed by atoms with Crippen molar-refractivity contribution in [2.24, 2.45) is 0 Å². The molecule has 1 saturated heterocycles. The molecule has 1 aromatic carbocycles. The van der Waals surface area contributed by atoms with Gasteiger partial charge in [-0.1, -0.05) is 15.9 Å². The molecule has 1 aromatic rings. The predicted molar refractivity (Wildman–Crippen MR) is 80.8 cm³/mol. The minimum Gasteiger partial charge on any atom is -0.479 e. The number of carbonyl (C=O) groups excluding carboxylic acids is 1. The van der Waals surface area contributed by atoms with E-state index in [9.17, 15) is 19.1 Å². The summed E-state index contributed by atoms with van der Waals surface area (Å²) in [4.78, 5) is 24.6. The number of rotatable bonds is 4. The lowest BCUT2D eigenvalue weighted by Crippen LogP contribution is -2.50. The molecule has 1 aliphatic heterocycles. The van der Waals surface area contributed by atoms with Crippen LogP contribution in [0.15, 0.2) is 22.7 Å². The monoisotopic (exact) mass is 373 g/mol. The van der Waals surface area contributed by atoms with Gasteiger partial charge in [0.1, 0.15) is 5.82 Å². The maximum atomic E-state index is 13.2. The molecule has 0 bridgehead atoms. The highest BCUT2D eigenvalue weighted by atomic mass is 79.9. The smallest absolute Gasteiger partial charge is 0.335 e. The van der Waals surface area contributed by atoms with Crippen molar-refractivity contribution < 1.29 is 24.2 Å². The fourth-order valence-corrected chi connectivity index (χ4v) is 2.92. The number of benzene rings is 1. The van der Waals surface area contributed by atoms with Crippen LogP contribution in [0.3, 0.4) is 0 Å². The molecule has 0 radical (unpaired) electrons. The summed E-state index contributed by atoms with van der Waals surface area (Å²) in [6.07, 6.45) is 0.667. The number of carboxylic acids is 1. The Morgan fingerprint density at radius 3 is 2.55 bits per heavy atom. The fourth-order valence-electron chi connectivity index (χ4n) is 2.47. The lowest BCUT2D eigenvalue weighted by Gasteiger charge is -2.35. The van der Waals surface area contributed by atoms with Crippen LogP contribution in [0.4, 0.5) is 4.39 Å². The van der Waals surface area contributed by atoms with Crippen LogP contribution in [0.2, 0.25) is 0 Å². The van der Waals surface area contributed by atoms with Gasteiger partial charge in [-0.25, -0.2) is 9.18 Å². The second-order valence-corrected chi connectivity index (χ2v) is 6.31. The van der Waals surface area contributed by atoms with E-state index in [4.69, 9.17) is 5.11 Å². The minimum atomic E-state index is -1.73. The Hall–Kier alpha value is -1.47. The van der Waals surface area contributed by atoms with Gasteiger partial charge < -0.3 is 15.1 Å². The molecule has 0 atom stereocenters. The topological polar surface area (TPSA) is 77.8 Å². The van der Waals surface area contributed by atoms with E-state index >= 15 is 0 Å². The summed E-state index contributed by atoms with van der Waals surface area (Å²) in [5.74, 6) is -1.72. The lowest BCUT2D eigenvalue weighted by molar-refractivity contribution is -0.165. The van der Waals surface area contributed by atoms with Crippen LogP contribution in [0.1, 0.15) is 24.8 Å². The van der Waals surface area contributed by atoms with E-state index in [2.05, 4.69) is 15.9 Å². The zero-order chi connectivity index (χ0) is 16.3. The number of amides is 1. The fraction of sp³-hybridized carbons (Fsp3) is 0.467. The summed E-state index contributed by atoms with van der Waals surface area (Å²) in [5.41, 5.74) is -1.02. The van der Waals surface area contributed by atoms with Crippen molar-refractivity contribution in [2.45, 2.75) is 31.3 Å². The van der Waals surface area contributed by atoms with Crippen molar-refractivity contribution >= 4 is 27.8 Å². The third kappa shape index (κ3) is 3.84. The van der Waals surface area contributed by atoms with Gasteiger partial charge in [0.05, 0.1) is 0 Å². The zero-order valence-electron chi connectivity index (χ0n) is 11.9. The van der Waals surface area contributed by atoms with E-state index in [1.165, 1.54) is 12.1 Å². The second kappa shape index (κ2) is 6.75. The van der Waals surface area contributed by atoms with Crippen molar-refractivity contribution in [3.05, 3.63) is 34.1 Å². The molecule has 0 saturated carbocycles. The highest BCUT2D eigenvalue weighted by molar-refractivity contribution is 9.10. The Morgan fingerprint density at radius 1 is 1.32 bits per heavy atom. The molecule has 5 nitrogen and oxygen atoms in total. The van der Waals surface area contributed by atoms with Gasteiger partial charge >= 0.3 is 5.97 Å². The van der Waals surface area contributed by atoms with E-state index < -0.39 is 11.6 Å². The number of piperidine rings is 1. The van der Waals surface area contributed by atoms with E-state index in [0.29, 0.717) is 12.0 Å². The summed E-state index contributed by atoms with van der Waals surface area (Å²) < 4.78 is 13.9. The van der Waals surface area contributed by atoms with Crippen LogP contribution in [-0.4, -0.2) is 45.7 Å². The van der Waals surface area contributed by atoms with Crippen molar-refractivity contribution in [2.75, 3.05) is 13.1 Å². The molecule has 120 valence electrons. The van der Waals surface area contributed by atoms with E-state index in [0.717, 1.165) is 4.47 Å². The molecule has 1 fully saturated rings. The normalized spacial score (nSPS) is 17.3. The van der Waals surface area contributed by atoms with Gasteiger partial charge in [-0.15, -0.1) is 0 Å². The Kier molecular flexibility index (Phi) is 5.18. The van der Waals surface area contributed by atoms with Gasteiger partial charge in [0.15, 0.2) is 5.60 Å². The molecular formula is C15H17BrFNO4. The first-order chi connectivity index (χ1) is 10.3. The van der Waals surface area contributed by atoms with Gasteiger partial charge in [0.25, 0.3) is 0 Å². The van der Waals surface area contributed by atoms with Gasteiger partial charge in [-0.05, 0) is 30.2 Å². The van der Waals surface area contributed by atoms with Crippen LogP contribution < -0.4 is 0 Å². The first kappa shape index (κ1) is 16.9. The predicted octanol–water partition coefficient (Wildman–Crippen LogP) is 1.96. The number of aryl methyl sites for hydroxylation is 1. The molecule has 0 aliphatic carbocycles. The van der Waals surface area contributed by atoms with Gasteiger partial charge in [-0.2, -0.15) is 0 Å². The number of hydrogen-bond acceptors (Lipinski definition) is 3. The molecule has 0 aromatic heterocycles. The lowest BCUT2D eigenvalue weighted by atomic mass is 9.91. The van der Waals surface area contributed by atoms with Crippen LogP contribution in [0.5, 0.6) is 0 Å². The highest BCUT2D eigenvalue weighted by Gasteiger charge is 2.40. The molecule has 2 N–H and O–H groups in total. The molecule has 2 rings (SSSR count). The number of likely N-dealkylation sites (tertiary alicyclic amines) is 1. The summed E-state index contributed by atoms with van der Waals surface area (Å²) in [6, 6.07) is 4.33. The first-order valence-corrected chi connectivity index (χ1v) is 7.78. The minimum absolute atomic E-state index is 0.0255. The quantitative estimate of drug-likeness (QED) is 0.845. The maximum Gasteiger partial charge on any atom is 0.335 e. The Bertz CT molecular complexity index is 585. The van der Waals surface area contributed by atoms with Crippen molar-refractivity contribution in [3.63, 3.8) is 0 Å². The summed E-state index contributed by atoms with van der Waals surface area (Å²) in [6.45, 7) is 0.428. The first-order valence-electron chi connectivity index (χ1n) is 6.99. The highest BCUT2D eigenvalue weighted by Crippen LogP contribution is 2.24. The average Bonchev–Trinajstić information content (AvgIpc) is 2.48. The number of aliphatic hydroxyl groups is 1. The average molecular weight is 374 g/mol. The molecule has 22 heavy (non-hydrogen) atoms. The molecule has 1 heterocycles. The van der Waals surface area contributed by atoms with E-state index in [-0.39, 0.29) is 44.1 Å². The van der Waals surface area contributed by atoms with Gasteiger partial charge in [0, 0.05) is 36.8 Å². The van der Waals surface area contributed by atoms with Crippen LogP contribution >= 0.6 is 15.9 Å². The van der Waals surface area contributed by atoms with E-state index in [1.807, 2.05) is 0 Å². The SMILES string of the molecule is O=C(CCc1cc(F)ccc1Br)N1CCC(O)(C(=O)O)CC1.